The Morgan fingerprint density at radius 2 is 1.22 bits per heavy atom. The Morgan fingerprint density at radius 1 is 0.614 bits per heavy atom. The molecule has 83 heavy (non-hydrogen) atoms. The highest BCUT2D eigenvalue weighted by Crippen LogP contribution is 2.20. The van der Waals surface area contributed by atoms with Crippen molar-refractivity contribution in [3.63, 3.8) is 0 Å². The van der Waals surface area contributed by atoms with Crippen molar-refractivity contribution in [2.75, 3.05) is 13.1 Å². The van der Waals surface area contributed by atoms with Crippen molar-refractivity contribution in [3.05, 3.63) is 90.1 Å². The number of aromatic amines is 2. The van der Waals surface area contributed by atoms with Gasteiger partial charge in [0.05, 0.1) is 18.9 Å². The molecule has 25 nitrogen and oxygen atoms in total. The lowest BCUT2D eigenvalue weighted by atomic mass is 10.0. The predicted octanol–water partition coefficient (Wildman–Crippen LogP) is 1.31. The molecule has 0 saturated heterocycles. The molecule has 25 heteroatoms. The average molecular weight is 1160 g/mol. The smallest absolute Gasteiger partial charge is 0.408 e. The number of para-hydroxylation sites is 1. The van der Waals surface area contributed by atoms with Crippen molar-refractivity contribution in [2.45, 2.75) is 168 Å². The van der Waals surface area contributed by atoms with Gasteiger partial charge in [0.1, 0.15) is 41.9 Å². The second kappa shape index (κ2) is 32.3. The Morgan fingerprint density at radius 3 is 1.83 bits per heavy atom. The lowest BCUT2D eigenvalue weighted by molar-refractivity contribution is -0.135. The van der Waals surface area contributed by atoms with Crippen LogP contribution in [0.5, 0.6) is 0 Å². The van der Waals surface area contributed by atoms with E-state index in [0.29, 0.717) is 29.7 Å². The fourth-order valence-corrected chi connectivity index (χ4v) is 9.00. The van der Waals surface area contributed by atoms with Gasteiger partial charge in [0, 0.05) is 67.3 Å². The quantitative estimate of drug-likeness (QED) is 0.0321. The van der Waals surface area contributed by atoms with Crippen LogP contribution in [-0.4, -0.2) is 141 Å². The second-order valence-electron chi connectivity index (χ2n) is 23.0. The number of hydrogen-bond acceptors (Lipinski definition) is 13. The summed E-state index contributed by atoms with van der Waals surface area (Å²) in [4.78, 5) is 145. The Balaban J connectivity index is 1.49. The molecule has 15 N–H and O–H groups in total. The number of alkyl carbamates (subject to hydrolysis) is 1. The Bertz CT molecular complexity index is 2810. The Labute approximate surface area is 484 Å². The summed E-state index contributed by atoms with van der Waals surface area (Å²) in [5.41, 5.74) is 12.8. The van der Waals surface area contributed by atoms with Crippen LogP contribution in [0.3, 0.4) is 0 Å². The molecule has 0 aliphatic carbocycles. The van der Waals surface area contributed by atoms with Crippen LogP contribution in [0.15, 0.2) is 73.3 Å². The molecular weight excluding hydrogens is 1070 g/mol. The van der Waals surface area contributed by atoms with E-state index in [2.05, 4.69) is 62.8 Å². The zero-order chi connectivity index (χ0) is 61.6. The summed E-state index contributed by atoms with van der Waals surface area (Å²) in [6.45, 7) is 17.2. The van der Waals surface area contributed by atoms with Gasteiger partial charge in [-0.2, -0.15) is 0 Å². The van der Waals surface area contributed by atoms with Gasteiger partial charge in [-0.3, -0.25) is 43.2 Å². The Hall–Kier alpha value is -8.35. The van der Waals surface area contributed by atoms with Gasteiger partial charge in [0.15, 0.2) is 0 Å². The van der Waals surface area contributed by atoms with Crippen LogP contribution in [0.1, 0.15) is 112 Å². The van der Waals surface area contributed by atoms with E-state index in [-0.39, 0.29) is 50.5 Å². The first-order valence-electron chi connectivity index (χ1n) is 28.0. The first kappa shape index (κ1) is 67.2. The molecule has 2 aromatic carbocycles. The first-order chi connectivity index (χ1) is 39.1. The van der Waals surface area contributed by atoms with Gasteiger partial charge in [-0.1, -0.05) is 90.1 Å². The van der Waals surface area contributed by atoms with Crippen LogP contribution in [0.25, 0.3) is 10.9 Å². The number of ether oxygens (including phenoxy) is 1. The molecule has 0 radical (unpaired) electrons. The normalized spacial score (nSPS) is 14.4. The maximum Gasteiger partial charge on any atom is 0.408 e. The number of carbonyl (C=O) groups is 10. The molecule has 0 aliphatic rings. The standard InChI is InChI=1S/C58H86N14O11/c1-32(2)22-39(29-63-43(50(60)75)23-33(3)4)67-54(79)46(26-38-28-61-31-65-38)68-48(74)30-64-56(81)49(34(5)6)72-51(76)35(7)66-53(78)45(25-37-27-62-41-19-15-14-18-40(37)41)70-52(77)42(20-21-47(59)73)69-55(80)44(24-36-16-12-11-13-17-36)71-57(82)83-58(8,9)10/h11-19,27-28,31-35,39,42-46,49,62-63H,20-26,29-30H2,1-10H3,(H2,59,73)(H2,60,75)(H,61,65)(H,64,81)(H,66,78)(H,67,79)(H,68,74)(H,69,80)(H,70,77)(H,71,82)(H,72,76)/t35-,39-,42-,43-,44+,45-,46-,49-/m0/s1. The van der Waals surface area contributed by atoms with E-state index in [1.807, 2.05) is 45.9 Å². The van der Waals surface area contributed by atoms with Crippen LogP contribution >= 0.6 is 0 Å². The third-order valence-electron chi connectivity index (χ3n) is 13.2. The van der Waals surface area contributed by atoms with Gasteiger partial charge < -0.3 is 74.0 Å². The SMILES string of the molecule is CC(C)C[C@@H](CN[C@@H](CC(C)C)C(N)=O)NC(=O)[C@H](Cc1cnc[nH]1)NC(=O)CNC(=O)[C@@H](NC(=O)[C@H](C)NC(=O)[C@H](Cc1c[nH]c2ccccc12)NC(=O)[C@H](CCC(N)=O)NC(=O)[C@@H](Cc1ccccc1)NC(=O)OC(C)(C)C)C(C)C. The highest BCUT2D eigenvalue weighted by atomic mass is 16.6. The molecule has 4 rings (SSSR count). The fourth-order valence-electron chi connectivity index (χ4n) is 9.00. The minimum absolute atomic E-state index is 0.00962. The number of nitrogens with zero attached hydrogens (tertiary/aromatic N) is 1. The number of hydrogen-bond donors (Lipinski definition) is 13. The fraction of sp³-hybridized carbons (Fsp3) is 0.534. The van der Waals surface area contributed by atoms with Crippen molar-refractivity contribution in [2.24, 2.45) is 29.2 Å². The van der Waals surface area contributed by atoms with E-state index in [4.69, 9.17) is 16.2 Å². The average Bonchev–Trinajstić information content (AvgIpc) is 4.15. The second-order valence-corrected chi connectivity index (χ2v) is 23.0. The number of carbonyl (C=O) groups excluding carboxylic acids is 10. The number of nitrogens with two attached hydrogens (primary N) is 2. The minimum atomic E-state index is -1.47. The lowest BCUT2D eigenvalue weighted by Crippen LogP contribution is -2.60. The van der Waals surface area contributed by atoms with E-state index < -0.39 is 126 Å². The largest absolute Gasteiger partial charge is 0.444 e. The van der Waals surface area contributed by atoms with Gasteiger partial charge in [-0.15, -0.1) is 0 Å². The first-order valence-corrected chi connectivity index (χ1v) is 28.0. The highest BCUT2D eigenvalue weighted by Gasteiger charge is 2.34. The van der Waals surface area contributed by atoms with E-state index in [9.17, 15) is 47.9 Å². The van der Waals surface area contributed by atoms with Crippen LogP contribution in [0, 0.1) is 17.8 Å². The summed E-state index contributed by atoms with van der Waals surface area (Å²) in [7, 11) is 0. The van der Waals surface area contributed by atoms with Gasteiger partial charge in [-0.25, -0.2) is 9.78 Å². The summed E-state index contributed by atoms with van der Waals surface area (Å²) < 4.78 is 5.42. The summed E-state index contributed by atoms with van der Waals surface area (Å²) in [5.74, 6) is -6.81. The highest BCUT2D eigenvalue weighted by molar-refractivity contribution is 5.98. The molecule has 2 aromatic heterocycles. The molecule has 0 bridgehead atoms. The molecule has 0 spiro atoms. The number of rotatable bonds is 33. The third kappa shape index (κ3) is 23.6. The molecule has 8 atom stereocenters. The van der Waals surface area contributed by atoms with E-state index in [1.54, 1.807) is 77.2 Å². The number of aromatic nitrogens is 3. The predicted molar refractivity (Wildman–Crippen MR) is 311 cm³/mol. The molecule has 0 saturated carbocycles. The van der Waals surface area contributed by atoms with Gasteiger partial charge in [0.25, 0.3) is 0 Å². The van der Waals surface area contributed by atoms with Crippen molar-refractivity contribution >= 4 is 70.2 Å². The Kier molecular flexibility index (Phi) is 26.2. The molecule has 454 valence electrons. The van der Waals surface area contributed by atoms with Crippen molar-refractivity contribution in [1.29, 1.82) is 0 Å². The van der Waals surface area contributed by atoms with Crippen LogP contribution in [-0.2, 0) is 67.2 Å². The number of H-pyrrole nitrogens is 2. The van der Waals surface area contributed by atoms with Crippen LogP contribution in [0.2, 0.25) is 0 Å². The van der Waals surface area contributed by atoms with E-state index >= 15 is 0 Å². The van der Waals surface area contributed by atoms with Crippen LogP contribution < -0.4 is 59.3 Å². The number of benzene rings is 2. The maximum atomic E-state index is 14.4. The van der Waals surface area contributed by atoms with Crippen LogP contribution in [0.4, 0.5) is 4.79 Å². The van der Waals surface area contributed by atoms with Crippen molar-refractivity contribution in [3.8, 4) is 0 Å². The van der Waals surface area contributed by atoms with Gasteiger partial charge >= 0.3 is 6.09 Å². The summed E-state index contributed by atoms with van der Waals surface area (Å²) >= 11 is 0. The summed E-state index contributed by atoms with van der Waals surface area (Å²) in [6, 6.07) is 7.15. The molecule has 10 amide bonds. The zero-order valence-corrected chi connectivity index (χ0v) is 49.2. The van der Waals surface area contributed by atoms with Crippen molar-refractivity contribution < 1.29 is 52.7 Å². The molecule has 4 aromatic rings. The topological polar surface area (TPSA) is 385 Å². The monoisotopic (exact) mass is 1150 g/mol. The van der Waals surface area contributed by atoms with Crippen molar-refractivity contribution in [1.82, 2.24) is 62.8 Å². The minimum Gasteiger partial charge on any atom is -0.444 e. The van der Waals surface area contributed by atoms with Gasteiger partial charge in [0.2, 0.25) is 53.2 Å². The number of amides is 10. The zero-order valence-electron chi connectivity index (χ0n) is 49.2. The molecule has 0 fully saturated rings. The van der Waals surface area contributed by atoms with E-state index in [1.165, 1.54) is 19.4 Å². The summed E-state index contributed by atoms with van der Waals surface area (Å²) in [5, 5.41) is 25.3. The number of imidazole rings is 1. The molecule has 0 unspecified atom stereocenters. The van der Waals surface area contributed by atoms with E-state index in [0.717, 1.165) is 10.9 Å². The number of primary amides is 2. The lowest BCUT2D eigenvalue weighted by Gasteiger charge is -2.27. The third-order valence-corrected chi connectivity index (χ3v) is 13.2. The molecule has 2 heterocycles. The number of nitrogens with one attached hydrogen (secondary N) is 11. The molecule has 0 aliphatic heterocycles. The molecular formula is C58H86N14O11. The maximum absolute atomic E-state index is 14.4. The summed E-state index contributed by atoms with van der Waals surface area (Å²) in [6.07, 6.45) is 3.98. The number of fused-ring (bicyclic) bond motifs is 1. The van der Waals surface area contributed by atoms with Gasteiger partial charge in [-0.05, 0) is 81.9 Å².